The van der Waals surface area contributed by atoms with Crippen LogP contribution in [0.1, 0.15) is 49.4 Å². The number of nitrogens with one attached hydrogen (secondary N) is 1. The van der Waals surface area contributed by atoms with Crippen LogP contribution in [-0.4, -0.2) is 12.5 Å². The van der Waals surface area contributed by atoms with E-state index in [1.807, 2.05) is 13.0 Å². The van der Waals surface area contributed by atoms with Gasteiger partial charge in [-0.3, -0.25) is 4.79 Å². The molecule has 0 aliphatic rings. The lowest BCUT2D eigenvalue weighted by molar-refractivity contribution is -0.682. The maximum atomic E-state index is 12.6. The summed E-state index contributed by atoms with van der Waals surface area (Å²) in [7, 11) is 0. The predicted octanol–water partition coefficient (Wildman–Crippen LogP) is 4.53. The molecule has 3 aromatic rings. The van der Waals surface area contributed by atoms with Crippen molar-refractivity contribution in [3.63, 3.8) is 0 Å². The van der Waals surface area contributed by atoms with Gasteiger partial charge in [0.05, 0.1) is 0 Å². The summed E-state index contributed by atoms with van der Waals surface area (Å²) in [6.45, 7) is 8.90. The number of benzene rings is 3. The second-order valence-corrected chi connectivity index (χ2v) is 7.54. The van der Waals surface area contributed by atoms with Gasteiger partial charge in [-0.25, -0.2) is 0 Å². The summed E-state index contributed by atoms with van der Waals surface area (Å²) in [5.74, 6) is 0.414. The third-order valence-corrected chi connectivity index (χ3v) is 5.16. The van der Waals surface area contributed by atoms with E-state index in [9.17, 15) is 4.79 Å². The van der Waals surface area contributed by atoms with Crippen molar-refractivity contribution in [2.75, 3.05) is 11.9 Å². The van der Waals surface area contributed by atoms with Crippen LogP contribution in [0.25, 0.3) is 10.8 Å². The summed E-state index contributed by atoms with van der Waals surface area (Å²) in [6.07, 6.45) is 0. The number of amides is 1. The van der Waals surface area contributed by atoms with E-state index in [1.54, 1.807) is 0 Å². The van der Waals surface area contributed by atoms with Crippen LogP contribution in [0.5, 0.6) is 0 Å². The molecular weight excluding hydrogens is 332 g/mol. The van der Waals surface area contributed by atoms with Crippen LogP contribution in [-0.2, 0) is 4.79 Å². The van der Waals surface area contributed by atoms with E-state index in [0.717, 1.165) is 11.3 Å². The van der Waals surface area contributed by atoms with Crippen LogP contribution in [0.15, 0.2) is 60.7 Å². The van der Waals surface area contributed by atoms with Crippen LogP contribution >= 0.6 is 0 Å². The number of hydrogen-bond acceptors (Lipinski definition) is 1. The number of nitrogens with two attached hydrogens (primary N) is 1. The van der Waals surface area contributed by atoms with Crippen LogP contribution in [0.3, 0.4) is 0 Å². The summed E-state index contributed by atoms with van der Waals surface area (Å²) in [4.78, 5) is 12.6. The van der Waals surface area contributed by atoms with E-state index >= 15 is 0 Å². The zero-order valence-electron chi connectivity index (χ0n) is 16.6. The molecular formula is C24H29N2O+. The Labute approximate surface area is 161 Å². The molecule has 0 radical (unpaired) electrons. The molecule has 3 aromatic carbocycles. The fraction of sp³-hybridized carbons (Fsp3) is 0.292. The molecule has 27 heavy (non-hydrogen) atoms. The van der Waals surface area contributed by atoms with Crippen molar-refractivity contribution < 1.29 is 10.1 Å². The summed E-state index contributed by atoms with van der Waals surface area (Å²) in [5, 5.41) is 7.73. The van der Waals surface area contributed by atoms with E-state index in [4.69, 9.17) is 0 Å². The number of para-hydroxylation sites is 1. The maximum Gasteiger partial charge on any atom is 0.279 e. The fourth-order valence-corrected chi connectivity index (χ4v) is 3.59. The number of rotatable bonds is 6. The van der Waals surface area contributed by atoms with E-state index < -0.39 is 0 Å². The lowest BCUT2D eigenvalue weighted by Crippen LogP contribution is -2.86. The molecule has 1 atom stereocenters. The first-order chi connectivity index (χ1) is 13.0. The number of carbonyl (C=O) groups excluding carboxylic acids is 1. The summed E-state index contributed by atoms with van der Waals surface area (Å²) < 4.78 is 0. The Morgan fingerprint density at radius 1 is 0.926 bits per heavy atom. The number of quaternary nitrogens is 1. The highest BCUT2D eigenvalue weighted by Gasteiger charge is 2.16. The molecule has 0 bridgehead atoms. The Balaban J connectivity index is 1.69. The molecule has 0 saturated heterocycles. The average molecular weight is 362 g/mol. The minimum Gasteiger partial charge on any atom is -0.332 e. The Kier molecular flexibility index (Phi) is 5.92. The molecule has 0 unspecified atom stereocenters. The number of hydrogen-bond donors (Lipinski definition) is 2. The van der Waals surface area contributed by atoms with Gasteiger partial charge in [0.2, 0.25) is 0 Å². The molecule has 1 amide bonds. The van der Waals surface area contributed by atoms with E-state index in [0.29, 0.717) is 12.5 Å². The van der Waals surface area contributed by atoms with Gasteiger partial charge < -0.3 is 10.6 Å². The minimum atomic E-state index is 0.0401. The van der Waals surface area contributed by atoms with Gasteiger partial charge >= 0.3 is 0 Å². The predicted molar refractivity (Wildman–Crippen MR) is 113 cm³/mol. The van der Waals surface area contributed by atoms with Crippen molar-refractivity contribution in [2.24, 2.45) is 0 Å². The summed E-state index contributed by atoms with van der Waals surface area (Å²) in [6, 6.07) is 21.2. The van der Waals surface area contributed by atoms with Gasteiger partial charge in [-0.1, -0.05) is 74.5 Å². The molecule has 140 valence electrons. The molecule has 0 fully saturated rings. The number of carbonyl (C=O) groups is 1. The molecule has 0 aliphatic heterocycles. The smallest absolute Gasteiger partial charge is 0.279 e. The van der Waals surface area contributed by atoms with Gasteiger partial charge in [0.25, 0.3) is 5.91 Å². The van der Waals surface area contributed by atoms with Gasteiger partial charge in [0.15, 0.2) is 6.54 Å². The topological polar surface area (TPSA) is 45.7 Å². The molecule has 3 nitrogen and oxygen atoms in total. The van der Waals surface area contributed by atoms with Crippen LogP contribution in [0, 0.1) is 6.92 Å². The van der Waals surface area contributed by atoms with E-state index in [1.165, 1.54) is 21.9 Å². The quantitative estimate of drug-likeness (QED) is 0.665. The molecule has 0 spiro atoms. The molecule has 0 heterocycles. The van der Waals surface area contributed by atoms with Crippen LogP contribution < -0.4 is 10.6 Å². The first kappa shape index (κ1) is 19.1. The molecule has 0 aromatic heterocycles. The average Bonchev–Trinajstić information content (AvgIpc) is 2.67. The molecule has 0 aliphatic carbocycles. The van der Waals surface area contributed by atoms with Crippen molar-refractivity contribution in [3.05, 3.63) is 77.4 Å². The maximum absolute atomic E-state index is 12.6. The molecule has 0 saturated carbocycles. The first-order valence-electron chi connectivity index (χ1n) is 9.67. The third kappa shape index (κ3) is 4.37. The molecule has 3 N–H and O–H groups in total. The number of aryl methyl sites for hydroxylation is 1. The lowest BCUT2D eigenvalue weighted by atomic mass is 9.98. The zero-order chi connectivity index (χ0) is 19.4. The van der Waals surface area contributed by atoms with Gasteiger partial charge in [-0.15, -0.1) is 0 Å². The van der Waals surface area contributed by atoms with Crippen molar-refractivity contribution in [2.45, 2.75) is 39.7 Å². The monoisotopic (exact) mass is 361 g/mol. The van der Waals surface area contributed by atoms with Crippen molar-refractivity contribution in [1.82, 2.24) is 0 Å². The standard InChI is InChI=1S/C24H28N2O/c1-16(2)20-13-7-9-17(3)24(20)26-23(27)15-25-18(4)21-14-8-11-19-10-5-6-12-22(19)21/h5-14,16,18,25H,15H2,1-4H3,(H,26,27)/p+1/t18-/m0/s1. The Hall–Kier alpha value is -2.65. The Morgan fingerprint density at radius 3 is 2.37 bits per heavy atom. The molecule has 3 heteroatoms. The van der Waals surface area contributed by atoms with Gasteiger partial charge in [-0.2, -0.15) is 0 Å². The highest BCUT2D eigenvalue weighted by molar-refractivity contribution is 5.93. The second kappa shape index (κ2) is 8.36. The van der Waals surface area contributed by atoms with E-state index in [-0.39, 0.29) is 11.9 Å². The summed E-state index contributed by atoms with van der Waals surface area (Å²) >= 11 is 0. The van der Waals surface area contributed by atoms with Crippen LogP contribution in [0.2, 0.25) is 0 Å². The van der Waals surface area contributed by atoms with Crippen molar-refractivity contribution in [3.8, 4) is 0 Å². The van der Waals surface area contributed by atoms with Gasteiger partial charge in [0.1, 0.15) is 6.04 Å². The fourth-order valence-electron chi connectivity index (χ4n) is 3.59. The normalized spacial score (nSPS) is 12.3. The van der Waals surface area contributed by atoms with Crippen LogP contribution in [0.4, 0.5) is 5.69 Å². The Bertz CT molecular complexity index is 941. The minimum absolute atomic E-state index is 0.0401. The Morgan fingerprint density at radius 2 is 1.59 bits per heavy atom. The first-order valence-corrected chi connectivity index (χ1v) is 9.67. The number of anilines is 1. The van der Waals surface area contributed by atoms with E-state index in [2.05, 4.69) is 86.0 Å². The summed E-state index contributed by atoms with van der Waals surface area (Å²) in [5.41, 5.74) is 4.52. The lowest BCUT2D eigenvalue weighted by Gasteiger charge is -2.17. The molecule has 3 rings (SSSR count). The van der Waals surface area contributed by atoms with Crippen molar-refractivity contribution >= 4 is 22.4 Å². The highest BCUT2D eigenvalue weighted by atomic mass is 16.1. The highest BCUT2D eigenvalue weighted by Crippen LogP contribution is 2.27. The SMILES string of the molecule is Cc1cccc(C(C)C)c1NC(=O)C[NH2+][C@@H](C)c1cccc2ccccc12. The van der Waals surface area contributed by atoms with Gasteiger partial charge in [-0.05, 0) is 41.7 Å². The second-order valence-electron chi connectivity index (χ2n) is 7.54. The largest absolute Gasteiger partial charge is 0.332 e. The van der Waals surface area contributed by atoms with Gasteiger partial charge in [0, 0.05) is 11.3 Å². The van der Waals surface area contributed by atoms with Crippen molar-refractivity contribution in [1.29, 1.82) is 0 Å². The zero-order valence-corrected chi connectivity index (χ0v) is 16.6. The number of fused-ring (bicyclic) bond motifs is 1. The third-order valence-electron chi connectivity index (χ3n) is 5.16.